The van der Waals surface area contributed by atoms with Crippen LogP contribution in [0.15, 0.2) is 48.5 Å². The summed E-state index contributed by atoms with van der Waals surface area (Å²) in [6.07, 6.45) is 0.698. The number of carbonyl (C=O) groups excluding carboxylic acids is 2. The monoisotopic (exact) mass is 317 g/mol. The SMILES string of the molecule is C[C@@H](NC(=O)COc1ccccc1C=O)c1ccc(Cl)cc1. The fourth-order valence-corrected chi connectivity index (χ4v) is 2.10. The number of para-hydroxylation sites is 1. The van der Waals surface area contributed by atoms with Gasteiger partial charge in [0.25, 0.3) is 5.91 Å². The number of carbonyl (C=O) groups is 2. The first kappa shape index (κ1) is 16.0. The van der Waals surface area contributed by atoms with Crippen LogP contribution in [0, 0.1) is 0 Å². The first-order valence-electron chi connectivity index (χ1n) is 6.82. The Balaban J connectivity index is 1.90. The van der Waals surface area contributed by atoms with E-state index >= 15 is 0 Å². The highest BCUT2D eigenvalue weighted by Gasteiger charge is 2.11. The lowest BCUT2D eigenvalue weighted by molar-refractivity contribution is -0.123. The van der Waals surface area contributed by atoms with Crippen molar-refractivity contribution in [3.63, 3.8) is 0 Å². The number of nitrogens with one attached hydrogen (secondary N) is 1. The Labute approximate surface area is 134 Å². The highest BCUT2D eigenvalue weighted by Crippen LogP contribution is 2.17. The van der Waals surface area contributed by atoms with Crippen LogP contribution >= 0.6 is 11.6 Å². The summed E-state index contributed by atoms with van der Waals surface area (Å²) < 4.78 is 5.38. The van der Waals surface area contributed by atoms with Crippen LogP contribution in [-0.2, 0) is 4.79 Å². The molecule has 0 aliphatic carbocycles. The van der Waals surface area contributed by atoms with Crippen LogP contribution in [0.1, 0.15) is 28.9 Å². The van der Waals surface area contributed by atoms with Crippen LogP contribution in [0.4, 0.5) is 0 Å². The second-order valence-electron chi connectivity index (χ2n) is 4.79. The van der Waals surface area contributed by atoms with Gasteiger partial charge >= 0.3 is 0 Å². The number of ether oxygens (including phenoxy) is 1. The third-order valence-electron chi connectivity index (χ3n) is 3.15. The zero-order valence-electron chi connectivity index (χ0n) is 12.1. The van der Waals surface area contributed by atoms with Gasteiger partial charge in [-0.25, -0.2) is 0 Å². The van der Waals surface area contributed by atoms with E-state index in [9.17, 15) is 9.59 Å². The Kier molecular flexibility index (Phi) is 5.55. The van der Waals surface area contributed by atoms with Crippen molar-refractivity contribution in [3.8, 4) is 5.75 Å². The molecule has 0 bridgehead atoms. The molecule has 0 aliphatic rings. The van der Waals surface area contributed by atoms with E-state index in [0.717, 1.165) is 5.56 Å². The van der Waals surface area contributed by atoms with E-state index in [1.54, 1.807) is 36.4 Å². The standard InChI is InChI=1S/C17H16ClNO3/c1-12(13-6-8-15(18)9-7-13)19-17(21)11-22-16-5-3-2-4-14(16)10-20/h2-10,12H,11H2,1H3,(H,19,21)/t12-/m1/s1. The van der Waals surface area contributed by atoms with Crippen molar-refractivity contribution < 1.29 is 14.3 Å². The summed E-state index contributed by atoms with van der Waals surface area (Å²) in [7, 11) is 0. The molecule has 22 heavy (non-hydrogen) atoms. The number of rotatable bonds is 6. The van der Waals surface area contributed by atoms with Gasteiger partial charge in [0.2, 0.25) is 0 Å². The molecule has 1 amide bonds. The largest absolute Gasteiger partial charge is 0.483 e. The third-order valence-corrected chi connectivity index (χ3v) is 3.40. The maximum Gasteiger partial charge on any atom is 0.258 e. The molecule has 0 saturated carbocycles. The summed E-state index contributed by atoms with van der Waals surface area (Å²) in [5, 5.41) is 3.48. The van der Waals surface area contributed by atoms with Gasteiger partial charge in [-0.05, 0) is 36.8 Å². The molecule has 2 rings (SSSR count). The molecule has 114 valence electrons. The van der Waals surface area contributed by atoms with E-state index < -0.39 is 0 Å². The summed E-state index contributed by atoms with van der Waals surface area (Å²) in [5.41, 5.74) is 1.37. The lowest BCUT2D eigenvalue weighted by atomic mass is 10.1. The van der Waals surface area contributed by atoms with Crippen molar-refractivity contribution in [1.29, 1.82) is 0 Å². The van der Waals surface area contributed by atoms with Gasteiger partial charge in [0.1, 0.15) is 5.75 Å². The third kappa shape index (κ3) is 4.33. The topological polar surface area (TPSA) is 55.4 Å². The van der Waals surface area contributed by atoms with Crippen LogP contribution in [0.2, 0.25) is 5.02 Å². The molecule has 1 N–H and O–H groups in total. The predicted molar refractivity (Wildman–Crippen MR) is 85.3 cm³/mol. The number of aldehydes is 1. The van der Waals surface area contributed by atoms with Crippen molar-refractivity contribution in [1.82, 2.24) is 5.32 Å². The molecule has 0 heterocycles. The highest BCUT2D eigenvalue weighted by atomic mass is 35.5. The lowest BCUT2D eigenvalue weighted by Crippen LogP contribution is -2.31. The smallest absolute Gasteiger partial charge is 0.258 e. The van der Waals surface area contributed by atoms with Crippen LogP contribution in [-0.4, -0.2) is 18.8 Å². The number of halogens is 1. The molecule has 2 aromatic rings. The second kappa shape index (κ2) is 7.61. The highest BCUT2D eigenvalue weighted by molar-refractivity contribution is 6.30. The molecule has 0 unspecified atom stereocenters. The molecular weight excluding hydrogens is 302 g/mol. The van der Waals surface area contributed by atoms with E-state index in [4.69, 9.17) is 16.3 Å². The van der Waals surface area contributed by atoms with Crippen LogP contribution in [0.3, 0.4) is 0 Å². The van der Waals surface area contributed by atoms with Crippen molar-refractivity contribution in [2.45, 2.75) is 13.0 Å². The molecule has 0 fully saturated rings. The van der Waals surface area contributed by atoms with Crippen LogP contribution in [0.25, 0.3) is 0 Å². The minimum Gasteiger partial charge on any atom is -0.483 e. The van der Waals surface area contributed by atoms with E-state index in [2.05, 4.69) is 5.32 Å². The lowest BCUT2D eigenvalue weighted by Gasteiger charge is -2.15. The summed E-state index contributed by atoms with van der Waals surface area (Å²) in [6.45, 7) is 1.73. The maximum atomic E-state index is 11.9. The van der Waals surface area contributed by atoms with Gasteiger partial charge in [-0.1, -0.05) is 35.9 Å². The van der Waals surface area contributed by atoms with Gasteiger partial charge in [-0.15, -0.1) is 0 Å². The Bertz CT molecular complexity index is 655. The van der Waals surface area contributed by atoms with Gasteiger partial charge in [0, 0.05) is 5.02 Å². The molecule has 0 saturated heterocycles. The molecule has 4 nitrogen and oxygen atoms in total. The minimum absolute atomic E-state index is 0.150. The molecule has 0 radical (unpaired) electrons. The first-order valence-corrected chi connectivity index (χ1v) is 7.20. The quantitative estimate of drug-likeness (QED) is 0.831. The van der Waals surface area contributed by atoms with Gasteiger partial charge in [0.05, 0.1) is 11.6 Å². The molecule has 1 atom stereocenters. The summed E-state index contributed by atoms with van der Waals surface area (Å²) in [6, 6.07) is 13.9. The number of hydrogen-bond acceptors (Lipinski definition) is 3. The van der Waals surface area contributed by atoms with Gasteiger partial charge < -0.3 is 10.1 Å². The number of hydrogen-bond donors (Lipinski definition) is 1. The van der Waals surface area contributed by atoms with E-state index in [1.807, 2.05) is 19.1 Å². The van der Waals surface area contributed by atoms with Crippen molar-refractivity contribution >= 4 is 23.8 Å². The normalized spacial score (nSPS) is 11.5. The first-order chi connectivity index (χ1) is 10.6. The van der Waals surface area contributed by atoms with Gasteiger partial charge in [-0.2, -0.15) is 0 Å². The van der Waals surface area contributed by atoms with Crippen molar-refractivity contribution in [2.24, 2.45) is 0 Å². The Hall–Kier alpha value is -2.33. The Morgan fingerprint density at radius 1 is 1.23 bits per heavy atom. The summed E-state index contributed by atoms with van der Waals surface area (Å²) in [4.78, 5) is 22.8. The zero-order chi connectivity index (χ0) is 15.9. The summed E-state index contributed by atoms with van der Waals surface area (Å²) >= 11 is 5.83. The van der Waals surface area contributed by atoms with Crippen molar-refractivity contribution in [2.75, 3.05) is 6.61 Å². The predicted octanol–water partition coefficient (Wildman–Crippen LogP) is 3.41. The van der Waals surface area contributed by atoms with Gasteiger partial charge in [-0.3, -0.25) is 9.59 Å². The fourth-order valence-electron chi connectivity index (χ4n) is 1.97. The van der Waals surface area contributed by atoms with Gasteiger partial charge in [0.15, 0.2) is 12.9 Å². The Morgan fingerprint density at radius 3 is 2.59 bits per heavy atom. The number of benzene rings is 2. The zero-order valence-corrected chi connectivity index (χ0v) is 12.8. The second-order valence-corrected chi connectivity index (χ2v) is 5.22. The summed E-state index contributed by atoms with van der Waals surface area (Å²) in [5.74, 6) is 0.134. The van der Waals surface area contributed by atoms with Crippen molar-refractivity contribution in [3.05, 3.63) is 64.7 Å². The molecule has 0 aliphatic heterocycles. The van der Waals surface area contributed by atoms with E-state index in [0.29, 0.717) is 22.6 Å². The maximum absolute atomic E-state index is 11.9. The fraction of sp³-hybridized carbons (Fsp3) is 0.176. The molecule has 0 aromatic heterocycles. The van der Waals surface area contributed by atoms with Crippen LogP contribution < -0.4 is 10.1 Å². The van der Waals surface area contributed by atoms with E-state index in [1.165, 1.54) is 0 Å². The average Bonchev–Trinajstić information content (AvgIpc) is 2.53. The van der Waals surface area contributed by atoms with E-state index in [-0.39, 0.29) is 18.6 Å². The molecule has 2 aromatic carbocycles. The van der Waals surface area contributed by atoms with Crippen LogP contribution in [0.5, 0.6) is 5.75 Å². The Morgan fingerprint density at radius 2 is 1.91 bits per heavy atom. The number of amides is 1. The molecular formula is C17H16ClNO3. The average molecular weight is 318 g/mol. The minimum atomic E-state index is -0.261. The molecule has 0 spiro atoms. The molecule has 5 heteroatoms.